The average Bonchev–Trinajstić information content (AvgIpc) is 3.11. The van der Waals surface area contributed by atoms with Crippen molar-refractivity contribution in [2.45, 2.75) is 50.6 Å². The molecule has 0 fully saturated rings. The van der Waals surface area contributed by atoms with Crippen LogP contribution in [-0.4, -0.2) is 19.1 Å². The maximum atomic E-state index is 12.2. The van der Waals surface area contributed by atoms with E-state index in [0.717, 1.165) is 44.2 Å². The molecule has 0 heterocycles. The molecule has 0 saturated heterocycles. The van der Waals surface area contributed by atoms with Gasteiger partial charge in [0.15, 0.2) is 4.90 Å². The van der Waals surface area contributed by atoms with Crippen molar-refractivity contribution in [2.75, 3.05) is 5.75 Å². The molecule has 0 saturated carbocycles. The van der Waals surface area contributed by atoms with Gasteiger partial charge in [0, 0.05) is 40.0 Å². The van der Waals surface area contributed by atoms with E-state index in [-0.39, 0.29) is 41.0 Å². The Bertz CT molecular complexity index is 1790. The van der Waals surface area contributed by atoms with Gasteiger partial charge in [0.2, 0.25) is 10.0 Å². The Morgan fingerprint density at radius 3 is 1.45 bits per heavy atom. The number of alkyl halides is 1. The quantitative estimate of drug-likeness (QED) is 0.0501. The van der Waals surface area contributed by atoms with Crippen molar-refractivity contribution in [3.8, 4) is 0 Å². The maximum absolute atomic E-state index is 12.2. The summed E-state index contributed by atoms with van der Waals surface area (Å²) in [5.74, 6) is 0.833. The predicted octanol–water partition coefficient (Wildman–Crippen LogP) is 7.33. The van der Waals surface area contributed by atoms with Gasteiger partial charge in [-0.05, 0) is 66.4 Å². The first-order chi connectivity index (χ1) is 23.9. The number of nitro groups is 1. The van der Waals surface area contributed by atoms with E-state index in [1.54, 1.807) is 12.1 Å². The Kier molecular flexibility index (Phi) is 24.1. The zero-order valence-electron chi connectivity index (χ0n) is 29.1. The number of halogens is 3. The van der Waals surface area contributed by atoms with Gasteiger partial charge in [-0.1, -0.05) is 151 Å². The third-order valence-corrected chi connectivity index (χ3v) is 9.85. The van der Waals surface area contributed by atoms with Crippen LogP contribution in [0.25, 0.3) is 0 Å². The molecule has 0 amide bonds. The van der Waals surface area contributed by atoms with Crippen LogP contribution in [0.3, 0.4) is 0 Å². The van der Waals surface area contributed by atoms with Crippen LogP contribution in [0.1, 0.15) is 40.3 Å². The summed E-state index contributed by atoms with van der Waals surface area (Å²) < 4.78 is 29.0. The third kappa shape index (κ3) is 19.2. The van der Waals surface area contributed by atoms with Crippen molar-refractivity contribution in [1.82, 2.24) is 10.0 Å². The molecule has 5 aromatic rings. The minimum Gasteiger partial charge on any atom is -0.793 e. The van der Waals surface area contributed by atoms with Gasteiger partial charge >= 0.3 is 29.6 Å². The Morgan fingerprint density at radius 2 is 1.04 bits per heavy atom. The summed E-state index contributed by atoms with van der Waals surface area (Å²) >= 11 is 14.6. The summed E-state index contributed by atoms with van der Waals surface area (Å²) in [5, 5.41) is 15.3. The number of rotatable bonds is 10. The molecular formula is C38H41Br3N3NaO4S2. The second-order valence-electron chi connectivity index (χ2n) is 10.8. The van der Waals surface area contributed by atoms with Crippen LogP contribution in [-0.2, 0) is 47.6 Å². The topological polar surface area (TPSA) is 101 Å². The van der Waals surface area contributed by atoms with Crippen molar-refractivity contribution in [1.29, 1.82) is 0 Å². The van der Waals surface area contributed by atoms with Crippen LogP contribution in [0, 0.1) is 24.0 Å². The molecule has 0 atom stereocenters. The van der Waals surface area contributed by atoms with Crippen LogP contribution in [0.15, 0.2) is 135 Å². The van der Waals surface area contributed by atoms with Crippen molar-refractivity contribution >= 4 is 76.1 Å². The van der Waals surface area contributed by atoms with Crippen LogP contribution < -0.4 is 39.6 Å². The van der Waals surface area contributed by atoms with E-state index in [1.807, 2.05) is 38.1 Å². The number of hydrogen-bond acceptors (Lipinski definition) is 6. The van der Waals surface area contributed by atoms with E-state index in [4.69, 9.17) is 0 Å². The first kappa shape index (κ1) is 47.2. The van der Waals surface area contributed by atoms with Gasteiger partial charge in [-0.15, -0.1) is 0 Å². The van der Waals surface area contributed by atoms with Gasteiger partial charge in [-0.2, -0.15) is 5.75 Å². The maximum Gasteiger partial charge on any atom is 1.00 e. The van der Waals surface area contributed by atoms with Gasteiger partial charge in [0.25, 0.3) is 5.69 Å². The molecule has 5 rings (SSSR count). The molecule has 0 bridgehead atoms. The summed E-state index contributed by atoms with van der Waals surface area (Å²) in [7, 11) is -3.94. The Balaban J connectivity index is 0.000000387. The Labute approximate surface area is 355 Å². The fourth-order valence-corrected chi connectivity index (χ4v) is 6.12. The summed E-state index contributed by atoms with van der Waals surface area (Å²) in [6.45, 7) is 7.88. The van der Waals surface area contributed by atoms with Crippen LogP contribution in [0.2, 0.25) is 0 Å². The molecule has 7 nitrogen and oxygen atoms in total. The molecule has 0 radical (unpaired) electrons. The molecule has 5 aromatic carbocycles. The van der Waals surface area contributed by atoms with Gasteiger partial charge in [-0.25, -0.2) is 13.1 Å². The zero-order valence-corrected chi connectivity index (χ0v) is 37.5. The van der Waals surface area contributed by atoms with Crippen LogP contribution >= 0.6 is 47.8 Å². The molecule has 2 N–H and O–H groups in total. The Morgan fingerprint density at radius 1 is 0.667 bits per heavy atom. The third-order valence-electron chi connectivity index (χ3n) is 6.70. The molecular weight excluding hydrogens is 889 g/mol. The molecule has 0 spiro atoms. The monoisotopic (exact) mass is 927 g/mol. The Hall–Kier alpha value is -1.84. The van der Waals surface area contributed by atoms with Crippen LogP contribution in [0.5, 0.6) is 0 Å². The number of aryl methyl sites for hydroxylation is 2. The number of nitrogens with zero attached hydrogens (tertiary/aromatic N) is 1. The van der Waals surface area contributed by atoms with E-state index in [1.165, 1.54) is 46.5 Å². The number of para-hydroxylation sites is 1. The minimum absolute atomic E-state index is 0. The molecule has 0 aromatic heterocycles. The number of nitrogens with one attached hydrogen (secondary N) is 2. The standard InChI is InChI=1S/C15H16BrN.C14H14N2O4S.C7H6Br2.C2H6S.Na/c1-12-2-4-13(5-3-12)10-17-11-14-6-8-15(16)9-7-14;1-11-6-8-12(9-7-11)10-15-21(19,20)14-5-3-2-4-13(14)16(17)18;8-5-6-1-3-7(9)4-2-6;1-2-3;/h2-9,17H,10-11H2,1H3;2-9,15H,10H2,1H3;1-4H,5H2;3H,2H2,1H3;/q;;;;+1/p-1. The molecule has 0 unspecified atom stereocenters. The summed E-state index contributed by atoms with van der Waals surface area (Å²) in [6.07, 6.45) is 0. The fraction of sp³-hybridized carbons (Fsp3) is 0.211. The molecule has 0 aliphatic carbocycles. The first-order valence-corrected chi connectivity index (χ1v) is 20.3. The van der Waals surface area contributed by atoms with Crippen LogP contribution in [0.4, 0.5) is 5.69 Å². The average molecular weight is 931 g/mol. The summed E-state index contributed by atoms with van der Waals surface area (Å²) in [6, 6.07) is 37.9. The number of sulfonamides is 1. The predicted molar refractivity (Wildman–Crippen MR) is 219 cm³/mol. The number of hydrogen-bond donors (Lipinski definition) is 2. The fourth-order valence-electron chi connectivity index (χ4n) is 4.03. The molecule has 51 heavy (non-hydrogen) atoms. The van der Waals surface area contributed by atoms with Crippen molar-refractivity contribution in [3.63, 3.8) is 0 Å². The van der Waals surface area contributed by atoms with Crippen molar-refractivity contribution < 1.29 is 42.9 Å². The van der Waals surface area contributed by atoms with E-state index in [9.17, 15) is 18.5 Å². The number of nitro benzene ring substituents is 1. The van der Waals surface area contributed by atoms with E-state index in [2.05, 4.69) is 138 Å². The first-order valence-electron chi connectivity index (χ1n) is 15.6. The van der Waals surface area contributed by atoms with E-state index < -0.39 is 20.6 Å². The summed E-state index contributed by atoms with van der Waals surface area (Å²) in [4.78, 5) is 9.85. The normalized spacial score (nSPS) is 10.2. The molecule has 13 heteroatoms. The molecule has 0 aliphatic rings. The van der Waals surface area contributed by atoms with Gasteiger partial charge < -0.3 is 17.9 Å². The van der Waals surface area contributed by atoms with Crippen molar-refractivity contribution in [3.05, 3.63) is 174 Å². The second-order valence-corrected chi connectivity index (χ2v) is 15.5. The zero-order chi connectivity index (χ0) is 36.9. The summed E-state index contributed by atoms with van der Waals surface area (Å²) in [5.41, 5.74) is 6.66. The largest absolute Gasteiger partial charge is 1.00 e. The molecule has 266 valence electrons. The minimum atomic E-state index is -3.94. The molecule has 0 aliphatic heterocycles. The van der Waals surface area contributed by atoms with E-state index >= 15 is 0 Å². The van der Waals surface area contributed by atoms with Gasteiger partial charge in [0.05, 0.1) is 4.92 Å². The SMILES string of the molecule is BrCc1ccc(Br)cc1.CC[S-].Cc1ccc(CNCc2ccc(Br)cc2)cc1.Cc1ccc(CNS(=O)(=O)c2ccccc2[N+](=O)[O-])cc1.[Na+]. The van der Waals surface area contributed by atoms with Crippen molar-refractivity contribution in [2.24, 2.45) is 0 Å². The number of benzene rings is 5. The smallest absolute Gasteiger partial charge is 0.793 e. The van der Waals surface area contributed by atoms with Gasteiger partial charge in [0.1, 0.15) is 0 Å². The van der Waals surface area contributed by atoms with E-state index in [0.29, 0.717) is 0 Å². The second kappa shape index (κ2) is 26.0. The van der Waals surface area contributed by atoms with Gasteiger partial charge in [-0.3, -0.25) is 10.1 Å².